The summed E-state index contributed by atoms with van der Waals surface area (Å²) in [4.78, 5) is 39.5. The van der Waals surface area contributed by atoms with Crippen LogP contribution < -0.4 is 24.2 Å². The smallest absolute Gasteiger partial charge is 0.493 e. The largest absolute Gasteiger partial charge is 0.514 e. The first-order chi connectivity index (χ1) is 18.2. The number of ether oxygens (including phenoxy) is 4. The third-order valence-electron chi connectivity index (χ3n) is 5.15. The van der Waals surface area contributed by atoms with Gasteiger partial charge in [-0.2, -0.15) is 0 Å². The first kappa shape index (κ1) is 27.9. The average molecular weight is 544 g/mol. The van der Waals surface area contributed by atoms with Gasteiger partial charge in [-0.3, -0.25) is 9.59 Å². The molecule has 12 nitrogen and oxygen atoms in total. The molecule has 13 heteroatoms. The topological polar surface area (TPSA) is 159 Å². The number of pyridine rings is 1. The van der Waals surface area contributed by atoms with Crippen molar-refractivity contribution < 1.29 is 41.7 Å². The second kappa shape index (κ2) is 12.5. The SMILES string of the molecule is COC(=O)Oc1ccc(C(=O)NS(=O)(=O)c2ccc(C(=O)NCCc3ccc(OC)c(OC)c3)cc2)cn1. The molecule has 200 valence electrons. The van der Waals surface area contributed by atoms with E-state index in [4.69, 9.17) is 14.2 Å². The Morgan fingerprint density at radius 3 is 2.13 bits per heavy atom. The van der Waals surface area contributed by atoms with Crippen molar-refractivity contribution in [3.05, 3.63) is 77.5 Å². The highest BCUT2D eigenvalue weighted by Gasteiger charge is 2.20. The van der Waals surface area contributed by atoms with Crippen molar-refractivity contribution in [1.29, 1.82) is 0 Å². The first-order valence-corrected chi connectivity index (χ1v) is 12.5. The lowest BCUT2D eigenvalue weighted by molar-refractivity contribution is 0.0951. The van der Waals surface area contributed by atoms with Gasteiger partial charge in [0.05, 0.1) is 31.8 Å². The fourth-order valence-electron chi connectivity index (χ4n) is 3.19. The van der Waals surface area contributed by atoms with Gasteiger partial charge in [0.15, 0.2) is 11.5 Å². The van der Waals surface area contributed by atoms with Crippen LogP contribution in [0.4, 0.5) is 4.79 Å². The zero-order chi connectivity index (χ0) is 27.7. The number of benzene rings is 2. The van der Waals surface area contributed by atoms with Crippen LogP contribution in [0.15, 0.2) is 65.7 Å². The van der Waals surface area contributed by atoms with E-state index >= 15 is 0 Å². The predicted octanol–water partition coefficient (Wildman–Crippen LogP) is 2.34. The molecular weight excluding hydrogens is 518 g/mol. The van der Waals surface area contributed by atoms with Gasteiger partial charge in [-0.15, -0.1) is 0 Å². The number of hydrogen-bond acceptors (Lipinski definition) is 10. The molecule has 0 radical (unpaired) electrons. The summed E-state index contributed by atoms with van der Waals surface area (Å²) >= 11 is 0. The van der Waals surface area contributed by atoms with Gasteiger partial charge in [0.25, 0.3) is 21.8 Å². The lowest BCUT2D eigenvalue weighted by atomic mass is 10.1. The molecule has 0 spiro atoms. The molecule has 1 heterocycles. The highest BCUT2D eigenvalue weighted by molar-refractivity contribution is 7.90. The van der Waals surface area contributed by atoms with E-state index < -0.39 is 28.0 Å². The van der Waals surface area contributed by atoms with Gasteiger partial charge in [0.1, 0.15) is 0 Å². The van der Waals surface area contributed by atoms with E-state index in [1.165, 1.54) is 43.5 Å². The molecule has 0 bridgehead atoms. The zero-order valence-corrected chi connectivity index (χ0v) is 21.5. The number of carbonyl (C=O) groups is 3. The number of methoxy groups -OCH3 is 3. The summed E-state index contributed by atoms with van der Waals surface area (Å²) in [5.41, 5.74) is 1.09. The normalized spacial score (nSPS) is 10.7. The Balaban J connectivity index is 1.56. The highest BCUT2D eigenvalue weighted by Crippen LogP contribution is 2.27. The van der Waals surface area contributed by atoms with Gasteiger partial charge < -0.3 is 24.3 Å². The minimum absolute atomic E-state index is 0.0868. The number of aromatic nitrogens is 1. The summed E-state index contributed by atoms with van der Waals surface area (Å²) in [5, 5.41) is 2.77. The Morgan fingerprint density at radius 1 is 0.842 bits per heavy atom. The molecule has 0 atom stereocenters. The molecule has 0 aliphatic heterocycles. The third kappa shape index (κ3) is 7.20. The van der Waals surface area contributed by atoms with Crippen LogP contribution in [0.3, 0.4) is 0 Å². The maximum Gasteiger partial charge on any atom is 0.514 e. The zero-order valence-electron chi connectivity index (χ0n) is 20.7. The monoisotopic (exact) mass is 543 g/mol. The van der Waals surface area contributed by atoms with Crippen molar-refractivity contribution in [3.8, 4) is 17.4 Å². The van der Waals surface area contributed by atoms with Gasteiger partial charge in [-0.1, -0.05) is 6.07 Å². The maximum atomic E-state index is 12.6. The molecule has 0 fully saturated rings. The van der Waals surface area contributed by atoms with Gasteiger partial charge in [0.2, 0.25) is 5.88 Å². The fraction of sp³-hybridized carbons (Fsp3) is 0.200. The second-order valence-electron chi connectivity index (χ2n) is 7.60. The van der Waals surface area contributed by atoms with Crippen molar-refractivity contribution in [3.63, 3.8) is 0 Å². The number of nitrogens with one attached hydrogen (secondary N) is 2. The Hall–Kier alpha value is -4.65. The van der Waals surface area contributed by atoms with E-state index in [0.717, 1.165) is 18.9 Å². The standard InChI is InChI=1S/C25H25N3O9S/c1-34-20-10-4-16(14-21(20)35-2)12-13-26-23(29)17-5-8-19(9-6-17)38(32,33)28-24(30)18-7-11-22(27-15-18)37-25(31)36-3/h4-11,14-15H,12-13H2,1-3H3,(H,26,29)(H,28,30). The van der Waals surface area contributed by atoms with Crippen molar-refractivity contribution in [2.24, 2.45) is 0 Å². The van der Waals surface area contributed by atoms with E-state index in [1.807, 2.05) is 16.9 Å². The Morgan fingerprint density at radius 2 is 1.53 bits per heavy atom. The molecule has 2 amide bonds. The van der Waals surface area contributed by atoms with E-state index in [0.29, 0.717) is 24.5 Å². The van der Waals surface area contributed by atoms with Crippen LogP contribution in [0, 0.1) is 0 Å². The van der Waals surface area contributed by atoms with Crippen molar-refractivity contribution in [2.75, 3.05) is 27.9 Å². The van der Waals surface area contributed by atoms with Gasteiger partial charge in [0, 0.05) is 24.4 Å². The molecule has 0 saturated heterocycles. The molecular formula is C25H25N3O9S. The molecule has 3 rings (SSSR count). The number of nitrogens with zero attached hydrogens (tertiary/aromatic N) is 1. The second-order valence-corrected chi connectivity index (χ2v) is 9.28. The van der Waals surface area contributed by atoms with Crippen molar-refractivity contribution in [2.45, 2.75) is 11.3 Å². The molecule has 0 saturated carbocycles. The molecule has 0 aliphatic rings. The first-order valence-electron chi connectivity index (χ1n) is 11.0. The van der Waals surface area contributed by atoms with Gasteiger partial charge >= 0.3 is 6.16 Å². The average Bonchev–Trinajstić information content (AvgIpc) is 2.93. The van der Waals surface area contributed by atoms with Crippen LogP contribution in [-0.2, 0) is 21.2 Å². The van der Waals surface area contributed by atoms with Crippen LogP contribution in [0.1, 0.15) is 26.3 Å². The van der Waals surface area contributed by atoms with Crippen LogP contribution >= 0.6 is 0 Å². The summed E-state index contributed by atoms with van der Waals surface area (Å²) in [5.74, 6) is -0.279. The molecule has 38 heavy (non-hydrogen) atoms. The van der Waals surface area contributed by atoms with Crippen LogP contribution in [0.5, 0.6) is 17.4 Å². The van der Waals surface area contributed by atoms with Crippen LogP contribution in [0.25, 0.3) is 0 Å². The summed E-state index contributed by atoms with van der Waals surface area (Å²) in [6.45, 7) is 0.335. The summed E-state index contributed by atoms with van der Waals surface area (Å²) in [7, 11) is -0.0297. The predicted molar refractivity (Wildman–Crippen MR) is 134 cm³/mol. The number of amides is 2. The number of rotatable bonds is 10. The molecule has 3 aromatic rings. The van der Waals surface area contributed by atoms with E-state index in [2.05, 4.69) is 15.0 Å². The lowest BCUT2D eigenvalue weighted by Crippen LogP contribution is -2.31. The molecule has 1 aromatic heterocycles. The minimum atomic E-state index is -4.24. The van der Waals surface area contributed by atoms with Gasteiger partial charge in [-0.05, 0) is 54.4 Å². The van der Waals surface area contributed by atoms with Crippen LogP contribution in [-0.4, -0.2) is 59.2 Å². The summed E-state index contributed by atoms with van der Waals surface area (Å²) < 4.78 is 46.7. The molecule has 0 unspecified atom stereocenters. The van der Waals surface area contributed by atoms with E-state index in [-0.39, 0.29) is 21.9 Å². The number of sulfonamides is 1. The van der Waals surface area contributed by atoms with E-state index in [9.17, 15) is 22.8 Å². The summed E-state index contributed by atoms with van der Waals surface area (Å²) in [6, 6.07) is 13.0. The maximum absolute atomic E-state index is 12.6. The molecule has 2 N–H and O–H groups in total. The lowest BCUT2D eigenvalue weighted by Gasteiger charge is -2.10. The van der Waals surface area contributed by atoms with Crippen LogP contribution in [0.2, 0.25) is 0 Å². The molecule has 2 aromatic carbocycles. The van der Waals surface area contributed by atoms with E-state index in [1.54, 1.807) is 13.2 Å². The Bertz CT molecular complexity index is 1410. The Labute approximate surface area is 218 Å². The fourth-order valence-corrected chi connectivity index (χ4v) is 4.16. The van der Waals surface area contributed by atoms with Crippen molar-refractivity contribution >= 4 is 28.0 Å². The minimum Gasteiger partial charge on any atom is -0.493 e. The third-order valence-corrected chi connectivity index (χ3v) is 6.50. The van der Waals surface area contributed by atoms with Gasteiger partial charge in [-0.25, -0.2) is 22.9 Å². The number of carbonyl (C=O) groups excluding carboxylic acids is 3. The summed E-state index contributed by atoms with van der Waals surface area (Å²) in [6.07, 6.45) is 0.584. The van der Waals surface area contributed by atoms with Crippen molar-refractivity contribution in [1.82, 2.24) is 15.0 Å². The number of hydrogen-bond donors (Lipinski definition) is 2. The highest BCUT2D eigenvalue weighted by atomic mass is 32.2. The quantitative estimate of drug-likeness (QED) is 0.363. The molecule has 0 aliphatic carbocycles. The Kier molecular flexibility index (Phi) is 9.22.